The molecular weight excluding hydrogens is 316 g/mol. The highest BCUT2D eigenvalue weighted by atomic mass is 16.5. The zero-order valence-electron chi connectivity index (χ0n) is 16.1. The molecule has 0 fully saturated rings. The number of unbranched alkanes of at least 4 members (excludes halogenated alkanes) is 2. The van der Waals surface area contributed by atoms with Crippen molar-refractivity contribution in [3.63, 3.8) is 0 Å². The number of rotatable bonds is 9. The van der Waals surface area contributed by atoms with Crippen LogP contribution < -0.4 is 10.6 Å². The number of ether oxygens (including phenoxy) is 1. The molecule has 1 aromatic carbocycles. The van der Waals surface area contributed by atoms with Crippen molar-refractivity contribution in [1.82, 2.24) is 5.32 Å². The van der Waals surface area contributed by atoms with Crippen LogP contribution in [0.1, 0.15) is 76.3 Å². The molecule has 0 spiro atoms. The molecule has 5 nitrogen and oxygen atoms in total. The summed E-state index contributed by atoms with van der Waals surface area (Å²) in [6, 6.07) is 6.05. The molecule has 5 heteroatoms. The number of methoxy groups -OCH3 is 1. The molecule has 0 saturated heterocycles. The van der Waals surface area contributed by atoms with Gasteiger partial charge in [0.25, 0.3) is 0 Å². The lowest BCUT2D eigenvalue weighted by Gasteiger charge is -2.17. The average molecular weight is 348 g/mol. The third-order valence-electron chi connectivity index (χ3n) is 4.18. The normalized spacial score (nSPS) is 10.8. The number of carbonyl (C=O) groups excluding carboxylic acids is 2. The lowest BCUT2D eigenvalue weighted by atomic mass is 9.94. The second-order valence-corrected chi connectivity index (χ2v) is 6.92. The van der Waals surface area contributed by atoms with E-state index in [1.165, 1.54) is 12.7 Å². The molecule has 0 aromatic heterocycles. The van der Waals surface area contributed by atoms with Crippen molar-refractivity contribution >= 4 is 17.7 Å². The molecule has 1 aromatic rings. The van der Waals surface area contributed by atoms with Crippen molar-refractivity contribution in [3.05, 3.63) is 29.3 Å². The number of nitrogens with one attached hydrogen (secondary N) is 2. The van der Waals surface area contributed by atoms with Gasteiger partial charge in [0, 0.05) is 18.7 Å². The first kappa shape index (κ1) is 21.0. The van der Waals surface area contributed by atoms with Crippen LogP contribution in [0.15, 0.2) is 18.2 Å². The van der Waals surface area contributed by atoms with Crippen LogP contribution in [0, 0.1) is 0 Å². The van der Waals surface area contributed by atoms with Gasteiger partial charge >= 0.3 is 12.0 Å². The van der Waals surface area contributed by atoms with Crippen LogP contribution in [0.3, 0.4) is 0 Å². The van der Waals surface area contributed by atoms with Gasteiger partial charge in [0.05, 0.1) is 7.11 Å². The minimum absolute atomic E-state index is 0.184. The fourth-order valence-corrected chi connectivity index (χ4v) is 2.57. The van der Waals surface area contributed by atoms with Gasteiger partial charge < -0.3 is 15.4 Å². The Morgan fingerprint density at radius 3 is 2.36 bits per heavy atom. The van der Waals surface area contributed by atoms with E-state index in [1.807, 2.05) is 6.07 Å². The van der Waals surface area contributed by atoms with Gasteiger partial charge in [0.15, 0.2) is 0 Å². The molecule has 0 saturated carbocycles. The Kier molecular flexibility index (Phi) is 9.03. The zero-order valence-corrected chi connectivity index (χ0v) is 16.1. The third-order valence-corrected chi connectivity index (χ3v) is 4.18. The van der Waals surface area contributed by atoms with Crippen LogP contribution >= 0.6 is 0 Å². The van der Waals surface area contributed by atoms with Gasteiger partial charge in [-0.3, -0.25) is 4.79 Å². The number of benzene rings is 1. The number of amides is 2. The molecule has 1 rings (SSSR count). The van der Waals surface area contributed by atoms with Crippen LogP contribution in [0.5, 0.6) is 0 Å². The van der Waals surface area contributed by atoms with Crippen molar-refractivity contribution in [3.8, 4) is 0 Å². The quantitative estimate of drug-likeness (QED) is 0.498. The molecular formula is C20H32N2O3. The monoisotopic (exact) mass is 348 g/mol. The van der Waals surface area contributed by atoms with Gasteiger partial charge in [-0.05, 0) is 41.9 Å². The van der Waals surface area contributed by atoms with E-state index in [0.29, 0.717) is 24.8 Å². The first-order chi connectivity index (χ1) is 11.8. The van der Waals surface area contributed by atoms with Crippen molar-refractivity contribution < 1.29 is 14.3 Å². The summed E-state index contributed by atoms with van der Waals surface area (Å²) in [6.07, 6.45) is 2.94. The molecule has 2 N–H and O–H groups in total. The minimum Gasteiger partial charge on any atom is -0.469 e. The molecule has 2 amide bonds. The Morgan fingerprint density at radius 1 is 1.04 bits per heavy atom. The fourth-order valence-electron chi connectivity index (χ4n) is 2.57. The molecule has 0 aliphatic rings. The third kappa shape index (κ3) is 7.59. The molecule has 0 radical (unpaired) electrons. The molecule has 140 valence electrons. The molecule has 0 aliphatic heterocycles. The second-order valence-electron chi connectivity index (χ2n) is 6.92. The van der Waals surface area contributed by atoms with E-state index in [-0.39, 0.29) is 12.0 Å². The zero-order chi connectivity index (χ0) is 18.8. The van der Waals surface area contributed by atoms with Gasteiger partial charge in [-0.15, -0.1) is 0 Å². The minimum atomic E-state index is -0.188. The molecule has 0 unspecified atom stereocenters. The topological polar surface area (TPSA) is 67.4 Å². The standard InChI is InChI=1S/C20H32N2O3/c1-14(2)16-10-11-18(17(13-16)15(3)4)22-20(24)21-12-8-6-7-9-19(23)25-5/h10-11,13-15H,6-9,12H2,1-5H3,(H2,21,22,24). The fraction of sp³-hybridized carbons (Fsp3) is 0.600. The van der Waals surface area contributed by atoms with Crippen LogP contribution in [0.25, 0.3) is 0 Å². The van der Waals surface area contributed by atoms with Gasteiger partial charge in [-0.25, -0.2) is 4.79 Å². The number of urea groups is 1. The van der Waals surface area contributed by atoms with Crippen LogP contribution in [-0.2, 0) is 9.53 Å². The summed E-state index contributed by atoms with van der Waals surface area (Å²) >= 11 is 0. The first-order valence-corrected chi connectivity index (χ1v) is 9.10. The summed E-state index contributed by atoms with van der Waals surface area (Å²) in [5.41, 5.74) is 3.29. The van der Waals surface area contributed by atoms with Crippen LogP contribution in [-0.4, -0.2) is 25.7 Å². The Morgan fingerprint density at radius 2 is 1.76 bits per heavy atom. The summed E-state index contributed by atoms with van der Waals surface area (Å²) in [7, 11) is 1.40. The second kappa shape index (κ2) is 10.7. The lowest BCUT2D eigenvalue weighted by Crippen LogP contribution is -2.30. The number of hydrogen-bond acceptors (Lipinski definition) is 3. The van der Waals surface area contributed by atoms with E-state index in [1.54, 1.807) is 0 Å². The average Bonchev–Trinajstić information content (AvgIpc) is 2.57. The highest BCUT2D eigenvalue weighted by Crippen LogP contribution is 2.28. The molecule has 0 bridgehead atoms. The number of hydrogen-bond donors (Lipinski definition) is 2. The van der Waals surface area contributed by atoms with E-state index in [2.05, 4.69) is 55.2 Å². The number of carbonyl (C=O) groups is 2. The summed E-state index contributed by atoms with van der Waals surface area (Å²) in [4.78, 5) is 23.1. The highest BCUT2D eigenvalue weighted by Gasteiger charge is 2.12. The van der Waals surface area contributed by atoms with Crippen molar-refractivity contribution in [2.45, 2.75) is 65.2 Å². The maximum Gasteiger partial charge on any atom is 0.319 e. The van der Waals surface area contributed by atoms with E-state index < -0.39 is 0 Å². The molecule has 0 atom stereocenters. The molecule has 25 heavy (non-hydrogen) atoms. The summed E-state index contributed by atoms with van der Waals surface area (Å²) in [5, 5.41) is 5.82. The predicted molar refractivity (Wildman–Crippen MR) is 102 cm³/mol. The van der Waals surface area contributed by atoms with Gasteiger partial charge in [-0.1, -0.05) is 46.2 Å². The van der Waals surface area contributed by atoms with E-state index in [4.69, 9.17) is 0 Å². The van der Waals surface area contributed by atoms with E-state index in [9.17, 15) is 9.59 Å². The van der Waals surface area contributed by atoms with Crippen molar-refractivity contribution in [1.29, 1.82) is 0 Å². The molecule has 0 aliphatic carbocycles. The van der Waals surface area contributed by atoms with Crippen molar-refractivity contribution in [2.24, 2.45) is 0 Å². The number of anilines is 1. The van der Waals surface area contributed by atoms with Gasteiger partial charge in [0.2, 0.25) is 0 Å². The number of esters is 1. The molecule has 0 heterocycles. The largest absolute Gasteiger partial charge is 0.469 e. The van der Waals surface area contributed by atoms with Crippen molar-refractivity contribution in [2.75, 3.05) is 19.0 Å². The Labute approximate surface area is 151 Å². The van der Waals surface area contributed by atoms with Crippen LogP contribution in [0.2, 0.25) is 0 Å². The van der Waals surface area contributed by atoms with Crippen LogP contribution in [0.4, 0.5) is 10.5 Å². The van der Waals surface area contributed by atoms with E-state index >= 15 is 0 Å². The van der Waals surface area contributed by atoms with E-state index in [0.717, 1.165) is 30.5 Å². The Balaban J connectivity index is 2.45. The summed E-state index contributed by atoms with van der Waals surface area (Å²) < 4.78 is 4.60. The SMILES string of the molecule is COC(=O)CCCCCNC(=O)Nc1ccc(C(C)C)cc1C(C)C. The summed E-state index contributed by atoms with van der Waals surface area (Å²) in [6.45, 7) is 9.18. The van der Waals surface area contributed by atoms with Gasteiger partial charge in [-0.2, -0.15) is 0 Å². The Bertz CT molecular complexity index is 568. The highest BCUT2D eigenvalue weighted by molar-refractivity contribution is 5.90. The lowest BCUT2D eigenvalue weighted by molar-refractivity contribution is -0.140. The predicted octanol–water partition coefficient (Wildman–Crippen LogP) is 4.79. The Hall–Kier alpha value is -2.04. The maximum atomic E-state index is 12.1. The smallest absolute Gasteiger partial charge is 0.319 e. The maximum absolute atomic E-state index is 12.1. The van der Waals surface area contributed by atoms with Gasteiger partial charge in [0.1, 0.15) is 0 Å². The summed E-state index contributed by atoms with van der Waals surface area (Å²) in [5.74, 6) is 0.620. The first-order valence-electron chi connectivity index (χ1n) is 9.10.